The van der Waals surface area contributed by atoms with Crippen molar-refractivity contribution in [3.8, 4) is 0 Å². The standard InChI is InChI=1S/C10H9N5O3S/c1-5-4-6(2-3-7(5)15(17)18)12-8(16)9-13-14-10(11)19-9/h2-4H,1H3,(H2,11,14)(H,12,16). The van der Waals surface area contributed by atoms with Gasteiger partial charge in [-0.15, -0.1) is 10.2 Å². The Morgan fingerprint density at radius 3 is 2.74 bits per heavy atom. The highest BCUT2D eigenvalue weighted by Gasteiger charge is 2.14. The summed E-state index contributed by atoms with van der Waals surface area (Å²) in [4.78, 5) is 22.0. The number of benzene rings is 1. The topological polar surface area (TPSA) is 124 Å². The number of hydrogen-bond acceptors (Lipinski definition) is 7. The highest BCUT2D eigenvalue weighted by molar-refractivity contribution is 7.16. The lowest BCUT2D eigenvalue weighted by molar-refractivity contribution is -0.385. The van der Waals surface area contributed by atoms with Crippen LogP contribution in [0.5, 0.6) is 0 Å². The van der Waals surface area contributed by atoms with Crippen molar-refractivity contribution in [1.29, 1.82) is 0 Å². The van der Waals surface area contributed by atoms with Crippen molar-refractivity contribution in [2.45, 2.75) is 6.92 Å². The number of nitro benzene ring substituents is 1. The average molecular weight is 279 g/mol. The number of hydrogen-bond donors (Lipinski definition) is 2. The molecule has 1 aromatic heterocycles. The van der Waals surface area contributed by atoms with Gasteiger partial charge in [0.05, 0.1) is 4.92 Å². The average Bonchev–Trinajstić information content (AvgIpc) is 2.75. The zero-order valence-corrected chi connectivity index (χ0v) is 10.6. The zero-order chi connectivity index (χ0) is 14.0. The van der Waals surface area contributed by atoms with Crippen molar-refractivity contribution in [1.82, 2.24) is 10.2 Å². The van der Waals surface area contributed by atoms with Gasteiger partial charge >= 0.3 is 0 Å². The first-order valence-electron chi connectivity index (χ1n) is 5.13. The Bertz CT molecular complexity index is 654. The maximum absolute atomic E-state index is 11.8. The number of nitrogens with one attached hydrogen (secondary N) is 1. The van der Waals surface area contributed by atoms with Crippen molar-refractivity contribution in [2.24, 2.45) is 0 Å². The van der Waals surface area contributed by atoms with Gasteiger partial charge in [0, 0.05) is 17.3 Å². The molecule has 2 aromatic rings. The summed E-state index contributed by atoms with van der Waals surface area (Å²) in [5.74, 6) is -0.456. The molecule has 0 unspecified atom stereocenters. The van der Waals surface area contributed by atoms with E-state index < -0.39 is 10.8 Å². The van der Waals surface area contributed by atoms with Crippen molar-refractivity contribution in [3.05, 3.63) is 38.9 Å². The first-order chi connectivity index (χ1) is 8.97. The number of carbonyl (C=O) groups excluding carboxylic acids is 1. The van der Waals surface area contributed by atoms with Crippen LogP contribution in [0, 0.1) is 17.0 Å². The number of nitrogens with zero attached hydrogens (tertiary/aromatic N) is 3. The number of anilines is 2. The zero-order valence-electron chi connectivity index (χ0n) is 9.78. The largest absolute Gasteiger partial charge is 0.374 e. The molecule has 0 aliphatic carbocycles. The number of nitro groups is 1. The van der Waals surface area contributed by atoms with E-state index in [1.165, 1.54) is 18.2 Å². The summed E-state index contributed by atoms with van der Waals surface area (Å²) >= 11 is 0.963. The Balaban J connectivity index is 2.18. The Morgan fingerprint density at radius 2 is 2.21 bits per heavy atom. The molecule has 0 saturated carbocycles. The molecular formula is C10H9N5O3S. The molecule has 8 nitrogen and oxygen atoms in total. The van der Waals surface area contributed by atoms with E-state index >= 15 is 0 Å². The predicted molar refractivity (Wildman–Crippen MR) is 70.1 cm³/mol. The smallest absolute Gasteiger partial charge is 0.286 e. The second-order valence-corrected chi connectivity index (χ2v) is 4.67. The quantitative estimate of drug-likeness (QED) is 0.649. The van der Waals surface area contributed by atoms with Gasteiger partial charge in [0.1, 0.15) is 0 Å². The van der Waals surface area contributed by atoms with Crippen molar-refractivity contribution >= 4 is 33.8 Å². The predicted octanol–water partition coefficient (Wildman–Crippen LogP) is 1.59. The van der Waals surface area contributed by atoms with Gasteiger partial charge in [-0.3, -0.25) is 14.9 Å². The molecule has 0 spiro atoms. The summed E-state index contributed by atoms with van der Waals surface area (Å²) in [7, 11) is 0. The summed E-state index contributed by atoms with van der Waals surface area (Å²) in [6.45, 7) is 1.59. The van der Waals surface area contributed by atoms with Crippen LogP contribution in [0.4, 0.5) is 16.5 Å². The molecule has 1 amide bonds. The third-order valence-corrected chi connectivity index (χ3v) is 3.04. The van der Waals surface area contributed by atoms with E-state index in [9.17, 15) is 14.9 Å². The Morgan fingerprint density at radius 1 is 1.47 bits per heavy atom. The van der Waals surface area contributed by atoms with Crippen LogP contribution in [0.25, 0.3) is 0 Å². The molecule has 9 heteroatoms. The van der Waals surface area contributed by atoms with Gasteiger partial charge in [0.25, 0.3) is 11.6 Å². The first kappa shape index (κ1) is 12.9. The van der Waals surface area contributed by atoms with E-state index in [1.54, 1.807) is 6.92 Å². The van der Waals surface area contributed by atoms with Crippen LogP contribution in [0.15, 0.2) is 18.2 Å². The van der Waals surface area contributed by atoms with Gasteiger partial charge in [-0.05, 0) is 19.1 Å². The fourth-order valence-electron chi connectivity index (χ4n) is 1.45. The molecule has 3 N–H and O–H groups in total. The van der Waals surface area contributed by atoms with Crippen LogP contribution >= 0.6 is 11.3 Å². The van der Waals surface area contributed by atoms with Gasteiger partial charge in [0.15, 0.2) is 0 Å². The Kier molecular flexibility index (Phi) is 3.38. The van der Waals surface area contributed by atoms with Crippen LogP contribution in [0.2, 0.25) is 0 Å². The SMILES string of the molecule is Cc1cc(NC(=O)c2nnc(N)s2)ccc1[N+](=O)[O-]. The maximum Gasteiger partial charge on any atom is 0.286 e. The van der Waals surface area contributed by atoms with Crippen LogP contribution < -0.4 is 11.1 Å². The minimum Gasteiger partial charge on any atom is -0.374 e. The molecule has 0 fully saturated rings. The normalized spacial score (nSPS) is 10.2. The molecule has 0 aliphatic rings. The highest BCUT2D eigenvalue weighted by atomic mass is 32.1. The summed E-state index contributed by atoms with van der Waals surface area (Å²) in [6.07, 6.45) is 0. The second-order valence-electron chi connectivity index (χ2n) is 3.66. The number of carbonyl (C=O) groups is 1. The van der Waals surface area contributed by atoms with E-state index in [4.69, 9.17) is 5.73 Å². The Hall–Kier alpha value is -2.55. The number of aryl methyl sites for hydroxylation is 1. The number of aromatic nitrogens is 2. The molecule has 19 heavy (non-hydrogen) atoms. The molecule has 0 atom stereocenters. The van der Waals surface area contributed by atoms with E-state index in [2.05, 4.69) is 15.5 Å². The van der Waals surface area contributed by atoms with E-state index in [1.807, 2.05) is 0 Å². The van der Waals surface area contributed by atoms with Gasteiger partial charge in [0.2, 0.25) is 10.1 Å². The first-order valence-corrected chi connectivity index (χ1v) is 5.94. The number of nitrogens with two attached hydrogens (primary N) is 1. The van der Waals surface area contributed by atoms with Gasteiger partial charge in [-0.1, -0.05) is 11.3 Å². The van der Waals surface area contributed by atoms with E-state index in [-0.39, 0.29) is 15.8 Å². The minimum atomic E-state index is -0.480. The number of nitrogen functional groups attached to an aromatic ring is 1. The third-order valence-electron chi connectivity index (χ3n) is 2.29. The van der Waals surface area contributed by atoms with Crippen molar-refractivity contribution in [2.75, 3.05) is 11.1 Å². The van der Waals surface area contributed by atoms with Crippen LogP contribution in [0.1, 0.15) is 15.4 Å². The summed E-state index contributed by atoms with van der Waals surface area (Å²) in [5.41, 5.74) is 6.28. The molecule has 0 aliphatic heterocycles. The molecule has 0 saturated heterocycles. The minimum absolute atomic E-state index is 0.00170. The third kappa shape index (κ3) is 2.83. The lowest BCUT2D eigenvalue weighted by atomic mass is 10.2. The number of rotatable bonds is 3. The van der Waals surface area contributed by atoms with E-state index in [0.29, 0.717) is 11.3 Å². The van der Waals surface area contributed by atoms with Crippen molar-refractivity contribution < 1.29 is 9.72 Å². The maximum atomic E-state index is 11.8. The fourth-order valence-corrected chi connectivity index (χ4v) is 1.95. The van der Waals surface area contributed by atoms with Crippen molar-refractivity contribution in [3.63, 3.8) is 0 Å². The Labute approximate surface area is 111 Å². The van der Waals surface area contributed by atoms with E-state index in [0.717, 1.165) is 11.3 Å². The molecule has 2 rings (SSSR count). The van der Waals surface area contributed by atoms with Crippen LogP contribution in [-0.4, -0.2) is 21.0 Å². The van der Waals surface area contributed by atoms with Gasteiger partial charge in [-0.2, -0.15) is 0 Å². The summed E-state index contributed by atoms with van der Waals surface area (Å²) in [6, 6.07) is 4.30. The monoisotopic (exact) mass is 279 g/mol. The van der Waals surface area contributed by atoms with Gasteiger partial charge in [-0.25, -0.2) is 0 Å². The molecule has 1 heterocycles. The number of amides is 1. The molecule has 1 aromatic carbocycles. The highest BCUT2D eigenvalue weighted by Crippen LogP contribution is 2.22. The molecule has 98 valence electrons. The molecular weight excluding hydrogens is 270 g/mol. The lowest BCUT2D eigenvalue weighted by Gasteiger charge is -2.04. The summed E-state index contributed by atoms with van der Waals surface area (Å²) < 4.78 is 0. The lowest BCUT2D eigenvalue weighted by Crippen LogP contribution is -2.11. The second kappa shape index (κ2) is 4.98. The molecule has 0 bridgehead atoms. The molecule has 0 radical (unpaired) electrons. The van der Waals surface area contributed by atoms with Crippen LogP contribution in [-0.2, 0) is 0 Å². The fraction of sp³-hybridized carbons (Fsp3) is 0.100. The summed E-state index contributed by atoms with van der Waals surface area (Å²) in [5, 5.41) is 20.7. The van der Waals surface area contributed by atoms with Gasteiger partial charge < -0.3 is 11.1 Å². The van der Waals surface area contributed by atoms with Crippen LogP contribution in [0.3, 0.4) is 0 Å².